The summed E-state index contributed by atoms with van der Waals surface area (Å²) in [6.45, 7) is 2.28. The third kappa shape index (κ3) is 1.40. The first kappa shape index (κ1) is 8.58. The van der Waals surface area contributed by atoms with E-state index in [1.807, 2.05) is 0 Å². The Bertz CT molecular complexity index is 289. The van der Waals surface area contributed by atoms with Crippen molar-refractivity contribution in [1.82, 2.24) is 0 Å². The molecule has 1 aromatic rings. The van der Waals surface area contributed by atoms with E-state index in [-0.39, 0.29) is 0 Å². The summed E-state index contributed by atoms with van der Waals surface area (Å²) < 4.78 is 1.03. The van der Waals surface area contributed by atoms with Gasteiger partial charge in [-0.05, 0) is 57.9 Å². The van der Waals surface area contributed by atoms with Gasteiger partial charge in [0.2, 0.25) is 0 Å². The van der Waals surface area contributed by atoms with Crippen LogP contribution >= 0.6 is 27.5 Å². The highest BCUT2D eigenvalue weighted by atomic mass is 79.9. The van der Waals surface area contributed by atoms with E-state index in [0.717, 1.165) is 15.4 Å². The molecule has 1 unspecified atom stereocenters. The van der Waals surface area contributed by atoms with Gasteiger partial charge in [-0.3, -0.25) is 0 Å². The van der Waals surface area contributed by atoms with Gasteiger partial charge in [0.15, 0.2) is 0 Å². The number of hydrogen-bond acceptors (Lipinski definition) is 0. The van der Waals surface area contributed by atoms with Crippen molar-refractivity contribution in [3.05, 3.63) is 32.8 Å². The molecular weight excluding hydrogens is 235 g/mol. The van der Waals surface area contributed by atoms with E-state index in [9.17, 15) is 0 Å². The van der Waals surface area contributed by atoms with Crippen molar-refractivity contribution in [3.63, 3.8) is 0 Å². The molecule has 2 rings (SSSR count). The van der Waals surface area contributed by atoms with Crippen molar-refractivity contribution in [3.8, 4) is 0 Å². The summed E-state index contributed by atoms with van der Waals surface area (Å²) in [7, 11) is 0. The Morgan fingerprint density at radius 3 is 2.58 bits per heavy atom. The number of fused-ring (bicyclic) bond motifs is 1. The lowest BCUT2D eigenvalue weighted by Crippen LogP contribution is -1.89. The fraction of sp³-hybridized carbons (Fsp3) is 0.400. The minimum absolute atomic E-state index is 0.783. The van der Waals surface area contributed by atoms with Crippen LogP contribution in [0.3, 0.4) is 0 Å². The average Bonchev–Trinajstić information content (AvgIpc) is 2.30. The summed E-state index contributed by atoms with van der Waals surface area (Å²) in [6, 6.07) is 4.24. The first-order valence-corrected chi connectivity index (χ1v) is 5.30. The van der Waals surface area contributed by atoms with Crippen LogP contribution in [0, 0.1) is 5.92 Å². The molecule has 1 atom stereocenters. The van der Waals surface area contributed by atoms with Crippen LogP contribution in [0.2, 0.25) is 5.02 Å². The highest BCUT2D eigenvalue weighted by molar-refractivity contribution is 9.10. The van der Waals surface area contributed by atoms with E-state index in [2.05, 4.69) is 35.0 Å². The molecule has 0 amide bonds. The van der Waals surface area contributed by atoms with Gasteiger partial charge in [-0.2, -0.15) is 0 Å². The van der Waals surface area contributed by atoms with E-state index in [0.29, 0.717) is 0 Å². The zero-order chi connectivity index (χ0) is 8.72. The Hall–Kier alpha value is -0.0100. The predicted molar refractivity (Wildman–Crippen MR) is 55.7 cm³/mol. The summed E-state index contributed by atoms with van der Waals surface area (Å²) in [5.74, 6) is 0.783. The van der Waals surface area contributed by atoms with Gasteiger partial charge in [0.25, 0.3) is 0 Å². The molecule has 2 heteroatoms. The molecular formula is C10H10BrCl. The standard InChI is InChI=1S/C10H10BrCl/c1-6-2-7-4-9(11)10(12)5-8(7)3-6/h4-6H,2-3H2,1H3. The maximum Gasteiger partial charge on any atom is 0.0551 e. The normalized spacial score (nSPS) is 21.1. The van der Waals surface area contributed by atoms with Crippen LogP contribution in [-0.4, -0.2) is 0 Å². The molecule has 64 valence electrons. The second-order valence-corrected chi connectivity index (χ2v) is 4.81. The van der Waals surface area contributed by atoms with Crippen molar-refractivity contribution < 1.29 is 0 Å². The number of rotatable bonds is 0. The molecule has 1 aliphatic rings. The van der Waals surface area contributed by atoms with E-state index >= 15 is 0 Å². The molecule has 0 saturated carbocycles. The molecule has 0 N–H and O–H groups in total. The Labute approximate surface area is 86.1 Å². The van der Waals surface area contributed by atoms with Crippen molar-refractivity contribution in [2.75, 3.05) is 0 Å². The van der Waals surface area contributed by atoms with Crippen molar-refractivity contribution in [2.24, 2.45) is 5.92 Å². The van der Waals surface area contributed by atoms with Gasteiger partial charge in [-0.15, -0.1) is 0 Å². The molecule has 0 spiro atoms. The van der Waals surface area contributed by atoms with Gasteiger partial charge in [-0.25, -0.2) is 0 Å². The number of halogens is 2. The van der Waals surface area contributed by atoms with E-state index in [4.69, 9.17) is 11.6 Å². The number of hydrogen-bond donors (Lipinski definition) is 0. The summed E-state index contributed by atoms with van der Waals surface area (Å²) in [4.78, 5) is 0. The fourth-order valence-electron chi connectivity index (χ4n) is 1.83. The van der Waals surface area contributed by atoms with Gasteiger partial charge >= 0.3 is 0 Å². The highest BCUT2D eigenvalue weighted by Crippen LogP contribution is 2.33. The van der Waals surface area contributed by atoms with E-state index < -0.39 is 0 Å². The molecule has 1 aliphatic carbocycles. The summed E-state index contributed by atoms with van der Waals surface area (Å²) in [5, 5.41) is 0.836. The first-order chi connectivity index (χ1) is 5.66. The van der Waals surface area contributed by atoms with Crippen LogP contribution < -0.4 is 0 Å². The van der Waals surface area contributed by atoms with Gasteiger partial charge in [0.05, 0.1) is 5.02 Å². The molecule has 0 radical (unpaired) electrons. The molecule has 0 heterocycles. The molecule has 0 nitrogen and oxygen atoms in total. The van der Waals surface area contributed by atoms with Crippen molar-refractivity contribution in [2.45, 2.75) is 19.8 Å². The maximum atomic E-state index is 5.99. The van der Waals surface area contributed by atoms with Crippen LogP contribution in [0.5, 0.6) is 0 Å². The average molecular weight is 246 g/mol. The topological polar surface area (TPSA) is 0 Å². The lowest BCUT2D eigenvalue weighted by Gasteiger charge is -2.00. The maximum absolute atomic E-state index is 5.99. The van der Waals surface area contributed by atoms with Crippen molar-refractivity contribution >= 4 is 27.5 Å². The molecule has 12 heavy (non-hydrogen) atoms. The van der Waals surface area contributed by atoms with Gasteiger partial charge in [0, 0.05) is 4.47 Å². The van der Waals surface area contributed by atoms with E-state index in [1.165, 1.54) is 24.0 Å². The minimum Gasteiger partial charge on any atom is -0.0831 e. The summed E-state index contributed by atoms with van der Waals surface area (Å²) in [5.41, 5.74) is 2.88. The molecule has 1 aromatic carbocycles. The van der Waals surface area contributed by atoms with Gasteiger partial charge < -0.3 is 0 Å². The molecule has 0 fully saturated rings. The fourth-order valence-corrected chi connectivity index (χ4v) is 2.41. The predicted octanol–water partition coefficient (Wildman–Crippen LogP) is 3.84. The van der Waals surface area contributed by atoms with Crippen LogP contribution in [0.25, 0.3) is 0 Å². The van der Waals surface area contributed by atoms with Crippen LogP contribution in [-0.2, 0) is 12.8 Å². The molecule has 0 aromatic heterocycles. The van der Waals surface area contributed by atoms with Crippen LogP contribution in [0.4, 0.5) is 0 Å². The second-order valence-electron chi connectivity index (χ2n) is 3.55. The Morgan fingerprint density at radius 2 is 1.92 bits per heavy atom. The minimum atomic E-state index is 0.783. The van der Waals surface area contributed by atoms with Gasteiger partial charge in [0.1, 0.15) is 0 Å². The Morgan fingerprint density at radius 1 is 1.33 bits per heavy atom. The first-order valence-electron chi connectivity index (χ1n) is 4.13. The molecule has 0 saturated heterocycles. The number of benzene rings is 1. The van der Waals surface area contributed by atoms with Crippen LogP contribution in [0.1, 0.15) is 18.1 Å². The van der Waals surface area contributed by atoms with Gasteiger partial charge in [-0.1, -0.05) is 18.5 Å². The third-order valence-corrected chi connectivity index (χ3v) is 3.58. The largest absolute Gasteiger partial charge is 0.0831 e. The Kier molecular flexibility index (Phi) is 2.18. The SMILES string of the molecule is CC1Cc2cc(Cl)c(Br)cc2C1. The zero-order valence-corrected chi connectivity index (χ0v) is 9.24. The zero-order valence-electron chi connectivity index (χ0n) is 6.90. The van der Waals surface area contributed by atoms with E-state index in [1.54, 1.807) is 0 Å². The lowest BCUT2D eigenvalue weighted by atomic mass is 10.1. The quantitative estimate of drug-likeness (QED) is 0.651. The Balaban J connectivity index is 2.48. The van der Waals surface area contributed by atoms with Crippen LogP contribution in [0.15, 0.2) is 16.6 Å². The molecule has 0 aliphatic heterocycles. The smallest absolute Gasteiger partial charge is 0.0551 e. The molecule has 0 bridgehead atoms. The second kappa shape index (κ2) is 3.04. The highest BCUT2D eigenvalue weighted by Gasteiger charge is 2.18. The summed E-state index contributed by atoms with van der Waals surface area (Å²) >= 11 is 9.43. The lowest BCUT2D eigenvalue weighted by molar-refractivity contribution is 0.628. The van der Waals surface area contributed by atoms with Crippen molar-refractivity contribution in [1.29, 1.82) is 0 Å². The monoisotopic (exact) mass is 244 g/mol. The summed E-state index contributed by atoms with van der Waals surface area (Å²) in [6.07, 6.45) is 2.38. The third-order valence-electron chi connectivity index (χ3n) is 2.38.